The zero-order valence-corrected chi connectivity index (χ0v) is 11.8. The molecule has 1 saturated heterocycles. The molecule has 0 spiro atoms. The summed E-state index contributed by atoms with van der Waals surface area (Å²) in [4.78, 5) is 0. The third-order valence-corrected chi connectivity index (χ3v) is 4.12. The van der Waals surface area contributed by atoms with Gasteiger partial charge in [-0.25, -0.2) is 0 Å². The Hall–Kier alpha value is -1.81. The maximum atomic E-state index is 10.1. The van der Waals surface area contributed by atoms with Crippen LogP contribution >= 0.6 is 0 Å². The largest absolute Gasteiger partial charge is 0.492 e. The summed E-state index contributed by atoms with van der Waals surface area (Å²) in [5.74, 6) is 0.118. The zero-order valence-electron chi connectivity index (χ0n) is 11.8. The van der Waals surface area contributed by atoms with Gasteiger partial charge in [0.15, 0.2) is 0 Å². The van der Waals surface area contributed by atoms with Crippen molar-refractivity contribution >= 4 is 0 Å². The lowest BCUT2D eigenvalue weighted by Crippen LogP contribution is -2.32. The average molecular weight is 271 g/mol. The van der Waals surface area contributed by atoms with Crippen LogP contribution in [0.2, 0.25) is 0 Å². The minimum atomic E-state index is 0.118. The molecule has 20 heavy (non-hydrogen) atoms. The Balaban J connectivity index is 1.91. The van der Waals surface area contributed by atoms with Crippen LogP contribution in [0.3, 0.4) is 0 Å². The third-order valence-electron chi connectivity index (χ3n) is 4.12. The SMILES string of the molecule is CC[C@@H](C1CCCN1)n1cc(-c2ccccc2)c(O)n1. The van der Waals surface area contributed by atoms with Gasteiger partial charge in [-0.3, -0.25) is 4.68 Å². The van der Waals surface area contributed by atoms with E-state index in [4.69, 9.17) is 0 Å². The number of nitrogens with zero attached hydrogens (tertiary/aromatic N) is 2. The molecule has 4 nitrogen and oxygen atoms in total. The summed E-state index contributed by atoms with van der Waals surface area (Å²) in [6, 6.07) is 10.7. The molecule has 106 valence electrons. The summed E-state index contributed by atoms with van der Waals surface area (Å²) in [5, 5.41) is 18.0. The summed E-state index contributed by atoms with van der Waals surface area (Å²) in [7, 11) is 0. The van der Waals surface area contributed by atoms with Crippen LogP contribution in [-0.2, 0) is 0 Å². The Morgan fingerprint density at radius 2 is 2.20 bits per heavy atom. The van der Waals surface area contributed by atoms with Crippen molar-refractivity contribution in [2.45, 2.75) is 38.3 Å². The first-order valence-electron chi connectivity index (χ1n) is 7.36. The van der Waals surface area contributed by atoms with Crippen LogP contribution in [0.1, 0.15) is 32.2 Å². The Bertz CT molecular complexity index is 558. The van der Waals surface area contributed by atoms with Gasteiger partial charge in [-0.05, 0) is 31.4 Å². The number of nitrogens with one attached hydrogen (secondary N) is 1. The number of hydrogen-bond donors (Lipinski definition) is 2. The second-order valence-electron chi connectivity index (χ2n) is 5.39. The first kappa shape index (κ1) is 13.2. The van der Waals surface area contributed by atoms with Gasteiger partial charge in [-0.15, -0.1) is 5.10 Å². The van der Waals surface area contributed by atoms with Gasteiger partial charge in [0.25, 0.3) is 0 Å². The fraction of sp³-hybridized carbons (Fsp3) is 0.438. The van der Waals surface area contributed by atoms with E-state index in [1.54, 1.807) is 0 Å². The van der Waals surface area contributed by atoms with E-state index >= 15 is 0 Å². The number of aromatic hydroxyl groups is 1. The quantitative estimate of drug-likeness (QED) is 0.899. The molecule has 2 heterocycles. The van der Waals surface area contributed by atoms with Gasteiger partial charge >= 0.3 is 0 Å². The monoisotopic (exact) mass is 271 g/mol. The molecule has 3 rings (SSSR count). The molecule has 1 aromatic carbocycles. The molecular weight excluding hydrogens is 250 g/mol. The van der Waals surface area contributed by atoms with E-state index in [1.165, 1.54) is 12.8 Å². The van der Waals surface area contributed by atoms with Crippen LogP contribution in [-0.4, -0.2) is 27.5 Å². The van der Waals surface area contributed by atoms with E-state index < -0.39 is 0 Å². The van der Waals surface area contributed by atoms with Crippen LogP contribution in [0.5, 0.6) is 5.88 Å². The molecule has 1 aromatic heterocycles. The van der Waals surface area contributed by atoms with Crippen molar-refractivity contribution in [1.82, 2.24) is 15.1 Å². The van der Waals surface area contributed by atoms with Crippen LogP contribution < -0.4 is 5.32 Å². The molecule has 0 amide bonds. The topological polar surface area (TPSA) is 50.1 Å². The first-order chi connectivity index (χ1) is 9.79. The molecule has 2 aromatic rings. The van der Waals surface area contributed by atoms with E-state index in [0.29, 0.717) is 12.1 Å². The maximum absolute atomic E-state index is 10.1. The molecule has 0 radical (unpaired) electrons. The normalized spacial score (nSPS) is 20.1. The van der Waals surface area contributed by atoms with E-state index in [1.807, 2.05) is 41.2 Å². The van der Waals surface area contributed by atoms with Crippen LogP contribution in [0.4, 0.5) is 0 Å². The molecule has 0 bridgehead atoms. The fourth-order valence-electron chi connectivity index (χ4n) is 3.07. The van der Waals surface area contributed by atoms with Crippen molar-refractivity contribution < 1.29 is 5.11 Å². The average Bonchev–Trinajstić information content (AvgIpc) is 3.11. The third kappa shape index (κ3) is 2.43. The van der Waals surface area contributed by atoms with Gasteiger partial charge in [0.1, 0.15) is 0 Å². The van der Waals surface area contributed by atoms with E-state index in [0.717, 1.165) is 24.1 Å². The van der Waals surface area contributed by atoms with Crippen molar-refractivity contribution in [3.8, 4) is 17.0 Å². The first-order valence-corrected chi connectivity index (χ1v) is 7.36. The van der Waals surface area contributed by atoms with Crippen LogP contribution in [0.25, 0.3) is 11.1 Å². The lowest BCUT2D eigenvalue weighted by molar-refractivity contribution is 0.332. The highest BCUT2D eigenvalue weighted by atomic mass is 16.3. The highest BCUT2D eigenvalue weighted by Crippen LogP contribution is 2.31. The Kier molecular flexibility index (Phi) is 3.74. The van der Waals surface area contributed by atoms with E-state index in [9.17, 15) is 5.11 Å². The number of rotatable bonds is 4. The summed E-state index contributed by atoms with van der Waals surface area (Å²) < 4.78 is 1.93. The Morgan fingerprint density at radius 1 is 1.40 bits per heavy atom. The minimum absolute atomic E-state index is 0.118. The van der Waals surface area contributed by atoms with Crippen LogP contribution in [0, 0.1) is 0 Å². The number of benzene rings is 1. The molecule has 1 aliphatic heterocycles. The minimum Gasteiger partial charge on any atom is -0.492 e. The molecule has 4 heteroatoms. The van der Waals surface area contributed by atoms with Gasteiger partial charge in [-0.1, -0.05) is 37.3 Å². The van der Waals surface area contributed by atoms with Gasteiger partial charge in [-0.2, -0.15) is 0 Å². The molecule has 0 saturated carbocycles. The zero-order chi connectivity index (χ0) is 13.9. The smallest absolute Gasteiger partial charge is 0.238 e. The molecule has 2 atom stereocenters. The highest BCUT2D eigenvalue weighted by molar-refractivity contribution is 5.67. The molecule has 1 fully saturated rings. The maximum Gasteiger partial charge on any atom is 0.238 e. The van der Waals surface area contributed by atoms with Crippen molar-refractivity contribution in [3.63, 3.8) is 0 Å². The number of aromatic nitrogens is 2. The lowest BCUT2D eigenvalue weighted by Gasteiger charge is -2.22. The molecule has 0 aliphatic carbocycles. The molecular formula is C16H21N3O. The van der Waals surface area contributed by atoms with Crippen molar-refractivity contribution in [3.05, 3.63) is 36.5 Å². The second kappa shape index (κ2) is 5.67. The van der Waals surface area contributed by atoms with E-state index in [-0.39, 0.29) is 5.88 Å². The van der Waals surface area contributed by atoms with Gasteiger partial charge < -0.3 is 10.4 Å². The van der Waals surface area contributed by atoms with Gasteiger partial charge in [0, 0.05) is 12.2 Å². The summed E-state index contributed by atoms with van der Waals surface area (Å²) in [6.07, 6.45) is 5.38. The summed E-state index contributed by atoms with van der Waals surface area (Å²) in [5.41, 5.74) is 1.81. The molecule has 2 N–H and O–H groups in total. The van der Waals surface area contributed by atoms with Gasteiger partial charge in [0.05, 0.1) is 11.6 Å². The van der Waals surface area contributed by atoms with E-state index in [2.05, 4.69) is 17.3 Å². The second-order valence-corrected chi connectivity index (χ2v) is 5.39. The predicted molar refractivity (Wildman–Crippen MR) is 79.7 cm³/mol. The van der Waals surface area contributed by atoms with Gasteiger partial charge in [0.2, 0.25) is 5.88 Å². The fourth-order valence-corrected chi connectivity index (χ4v) is 3.07. The van der Waals surface area contributed by atoms with Crippen molar-refractivity contribution in [1.29, 1.82) is 0 Å². The number of hydrogen-bond acceptors (Lipinski definition) is 3. The molecule has 1 unspecified atom stereocenters. The summed E-state index contributed by atoms with van der Waals surface area (Å²) >= 11 is 0. The Morgan fingerprint density at radius 3 is 2.85 bits per heavy atom. The lowest BCUT2D eigenvalue weighted by atomic mass is 10.0. The predicted octanol–water partition coefficient (Wildman–Crippen LogP) is 2.96. The molecule has 1 aliphatic rings. The summed E-state index contributed by atoms with van der Waals surface area (Å²) in [6.45, 7) is 3.26. The van der Waals surface area contributed by atoms with Crippen molar-refractivity contribution in [2.75, 3.05) is 6.54 Å². The standard InChI is InChI=1S/C16H21N3O/c1-2-15(14-9-6-10-17-14)19-11-13(16(20)18-19)12-7-4-3-5-8-12/h3-5,7-8,11,14-15,17H,2,6,9-10H2,1H3,(H,18,20)/t14?,15-/m0/s1. The van der Waals surface area contributed by atoms with Crippen molar-refractivity contribution in [2.24, 2.45) is 0 Å². The Labute approximate surface area is 119 Å². The highest BCUT2D eigenvalue weighted by Gasteiger charge is 2.26. The van der Waals surface area contributed by atoms with Crippen LogP contribution in [0.15, 0.2) is 36.5 Å².